The Kier molecular flexibility index (Phi) is 6.65. The molecule has 0 saturated carbocycles. The number of benzene rings is 2. The second kappa shape index (κ2) is 8.43. The van der Waals surface area contributed by atoms with E-state index in [1.807, 2.05) is 6.92 Å². The molecule has 0 saturated heterocycles. The Bertz CT molecular complexity index is 1100. The van der Waals surface area contributed by atoms with Crippen LogP contribution in [0.2, 0.25) is 5.02 Å². The first-order valence-electron chi connectivity index (χ1n) is 8.05. The van der Waals surface area contributed by atoms with Crippen molar-refractivity contribution in [3.05, 3.63) is 57.1 Å². The van der Waals surface area contributed by atoms with Crippen LogP contribution in [-0.4, -0.2) is 28.3 Å². The maximum atomic E-state index is 12.5. The SMILES string of the molecule is CCCNS(=O)(=O)c1ccc(NS(=O)(=O)c2cc(Cl)c(C)c([N+](=O)[O-])c2)cc1. The molecule has 2 aromatic carbocycles. The fraction of sp³-hybridized carbons (Fsp3) is 0.250. The lowest BCUT2D eigenvalue weighted by Gasteiger charge is -2.11. The highest BCUT2D eigenvalue weighted by atomic mass is 35.5. The quantitative estimate of drug-likeness (QED) is 0.471. The van der Waals surface area contributed by atoms with Crippen LogP contribution in [0.4, 0.5) is 11.4 Å². The van der Waals surface area contributed by atoms with Crippen molar-refractivity contribution in [3.63, 3.8) is 0 Å². The molecule has 0 aliphatic carbocycles. The van der Waals surface area contributed by atoms with Gasteiger partial charge in [-0.05, 0) is 43.7 Å². The molecule has 2 rings (SSSR count). The van der Waals surface area contributed by atoms with Gasteiger partial charge in [-0.1, -0.05) is 18.5 Å². The maximum Gasteiger partial charge on any atom is 0.275 e. The van der Waals surface area contributed by atoms with Crippen molar-refractivity contribution in [1.29, 1.82) is 0 Å². The molecule has 0 spiro atoms. The largest absolute Gasteiger partial charge is 0.280 e. The number of anilines is 1. The minimum Gasteiger partial charge on any atom is -0.280 e. The molecule has 9 nitrogen and oxygen atoms in total. The van der Waals surface area contributed by atoms with Crippen LogP contribution in [0.3, 0.4) is 0 Å². The Balaban J connectivity index is 2.32. The van der Waals surface area contributed by atoms with Gasteiger partial charge in [0.25, 0.3) is 15.7 Å². The third-order valence-electron chi connectivity index (χ3n) is 3.76. The van der Waals surface area contributed by atoms with Gasteiger partial charge in [0.1, 0.15) is 0 Å². The number of nitrogens with one attached hydrogen (secondary N) is 2. The number of rotatable bonds is 8. The van der Waals surface area contributed by atoms with E-state index in [9.17, 15) is 26.9 Å². The zero-order valence-electron chi connectivity index (χ0n) is 15.0. The summed E-state index contributed by atoms with van der Waals surface area (Å²) in [5.41, 5.74) is -0.176. The topological polar surface area (TPSA) is 135 Å². The average Bonchev–Trinajstić information content (AvgIpc) is 2.62. The van der Waals surface area contributed by atoms with Gasteiger partial charge in [0.2, 0.25) is 10.0 Å². The number of nitro benzene ring substituents is 1. The number of nitrogens with zero attached hydrogens (tertiary/aromatic N) is 1. The lowest BCUT2D eigenvalue weighted by molar-refractivity contribution is -0.385. The van der Waals surface area contributed by atoms with Gasteiger partial charge in [0.05, 0.1) is 19.7 Å². The number of halogens is 1. The smallest absolute Gasteiger partial charge is 0.275 e. The molecule has 12 heteroatoms. The molecular formula is C16H18ClN3O6S2. The molecule has 2 aromatic rings. The van der Waals surface area contributed by atoms with E-state index in [2.05, 4.69) is 9.44 Å². The molecule has 0 aromatic heterocycles. The molecule has 152 valence electrons. The van der Waals surface area contributed by atoms with Crippen molar-refractivity contribution in [2.45, 2.75) is 30.1 Å². The van der Waals surface area contributed by atoms with Crippen molar-refractivity contribution >= 4 is 43.0 Å². The predicted octanol–water partition coefficient (Wildman–Crippen LogP) is 3.05. The summed E-state index contributed by atoms with van der Waals surface area (Å²) in [6.07, 6.45) is 0.627. The number of hydrogen-bond donors (Lipinski definition) is 2. The molecule has 0 bridgehead atoms. The summed E-state index contributed by atoms with van der Waals surface area (Å²) in [4.78, 5) is 9.97. The van der Waals surface area contributed by atoms with Gasteiger partial charge in [0, 0.05) is 23.9 Å². The highest BCUT2D eigenvalue weighted by Crippen LogP contribution is 2.30. The minimum absolute atomic E-state index is 0.0158. The van der Waals surface area contributed by atoms with Gasteiger partial charge in [-0.3, -0.25) is 14.8 Å². The van der Waals surface area contributed by atoms with Crippen LogP contribution in [0, 0.1) is 17.0 Å². The van der Waals surface area contributed by atoms with E-state index in [0.29, 0.717) is 6.42 Å². The number of sulfonamides is 2. The molecule has 0 amide bonds. The van der Waals surface area contributed by atoms with Gasteiger partial charge < -0.3 is 0 Å². The Morgan fingerprint density at radius 2 is 1.64 bits per heavy atom. The third kappa shape index (κ3) is 4.98. The summed E-state index contributed by atoms with van der Waals surface area (Å²) >= 11 is 5.91. The summed E-state index contributed by atoms with van der Waals surface area (Å²) in [5.74, 6) is 0. The molecule has 0 radical (unpaired) electrons. The molecule has 0 aliphatic heterocycles. The highest BCUT2D eigenvalue weighted by molar-refractivity contribution is 7.92. The van der Waals surface area contributed by atoms with E-state index in [4.69, 9.17) is 11.6 Å². The van der Waals surface area contributed by atoms with E-state index >= 15 is 0 Å². The van der Waals surface area contributed by atoms with E-state index in [0.717, 1.165) is 12.1 Å². The van der Waals surface area contributed by atoms with E-state index in [-0.39, 0.29) is 32.6 Å². The maximum absolute atomic E-state index is 12.5. The Hall–Kier alpha value is -2.21. The van der Waals surface area contributed by atoms with Gasteiger partial charge in [-0.2, -0.15) is 0 Å². The van der Waals surface area contributed by atoms with Crippen molar-refractivity contribution < 1.29 is 21.8 Å². The molecule has 0 atom stereocenters. The predicted molar refractivity (Wildman–Crippen MR) is 106 cm³/mol. The molecular weight excluding hydrogens is 430 g/mol. The van der Waals surface area contributed by atoms with Gasteiger partial charge >= 0.3 is 0 Å². The Labute approximate surface area is 168 Å². The lowest BCUT2D eigenvalue weighted by atomic mass is 10.2. The summed E-state index contributed by atoms with van der Waals surface area (Å²) in [6, 6.07) is 7.09. The first-order valence-corrected chi connectivity index (χ1v) is 11.4. The van der Waals surface area contributed by atoms with E-state index in [1.165, 1.54) is 31.2 Å². The van der Waals surface area contributed by atoms with Crippen LogP contribution in [-0.2, 0) is 20.0 Å². The lowest BCUT2D eigenvalue weighted by Crippen LogP contribution is -2.24. The van der Waals surface area contributed by atoms with E-state index < -0.39 is 30.7 Å². The molecule has 0 heterocycles. The second-order valence-corrected chi connectivity index (χ2v) is 9.69. The summed E-state index contributed by atoms with van der Waals surface area (Å²) in [7, 11) is -7.86. The van der Waals surface area contributed by atoms with Crippen LogP contribution in [0.1, 0.15) is 18.9 Å². The molecule has 2 N–H and O–H groups in total. The van der Waals surface area contributed by atoms with Crippen LogP contribution in [0.25, 0.3) is 0 Å². The number of nitro groups is 1. The fourth-order valence-electron chi connectivity index (χ4n) is 2.22. The first-order chi connectivity index (χ1) is 13.0. The third-order valence-corrected chi connectivity index (χ3v) is 6.99. The Morgan fingerprint density at radius 3 is 2.18 bits per heavy atom. The average molecular weight is 448 g/mol. The van der Waals surface area contributed by atoms with Gasteiger partial charge in [0.15, 0.2) is 0 Å². The molecule has 0 unspecified atom stereocenters. The van der Waals surface area contributed by atoms with Crippen LogP contribution >= 0.6 is 11.6 Å². The van der Waals surface area contributed by atoms with Crippen LogP contribution in [0.15, 0.2) is 46.2 Å². The normalized spacial score (nSPS) is 12.0. The summed E-state index contributed by atoms with van der Waals surface area (Å²) in [5, 5.41) is 11.0. The standard InChI is InChI=1S/C16H18ClN3O6S2/c1-3-8-18-27(23,24)13-6-4-12(5-7-13)19-28(25,26)14-9-15(17)11(2)16(10-14)20(21)22/h4-7,9-10,18-19H,3,8H2,1-2H3. The zero-order chi connectivity index (χ0) is 21.1. The van der Waals surface area contributed by atoms with Crippen molar-refractivity contribution in [3.8, 4) is 0 Å². The van der Waals surface area contributed by atoms with E-state index in [1.54, 1.807) is 0 Å². The van der Waals surface area contributed by atoms with Crippen molar-refractivity contribution in [2.75, 3.05) is 11.3 Å². The van der Waals surface area contributed by atoms with Crippen molar-refractivity contribution in [2.24, 2.45) is 0 Å². The number of hydrogen-bond acceptors (Lipinski definition) is 6. The fourth-order valence-corrected chi connectivity index (χ4v) is 4.74. The monoisotopic (exact) mass is 447 g/mol. The summed E-state index contributed by atoms with van der Waals surface area (Å²) < 4.78 is 53.8. The van der Waals surface area contributed by atoms with Gasteiger partial charge in [-0.15, -0.1) is 0 Å². The zero-order valence-corrected chi connectivity index (χ0v) is 17.4. The van der Waals surface area contributed by atoms with Crippen LogP contribution in [0.5, 0.6) is 0 Å². The van der Waals surface area contributed by atoms with Gasteiger partial charge in [-0.25, -0.2) is 21.6 Å². The minimum atomic E-state index is -4.18. The molecule has 0 fully saturated rings. The molecule has 0 aliphatic rings. The van der Waals surface area contributed by atoms with Crippen molar-refractivity contribution in [1.82, 2.24) is 4.72 Å². The highest BCUT2D eigenvalue weighted by Gasteiger charge is 2.23. The first kappa shape index (κ1) is 22.1. The molecule has 28 heavy (non-hydrogen) atoms. The summed E-state index contributed by atoms with van der Waals surface area (Å²) in [6.45, 7) is 3.52. The Morgan fingerprint density at radius 1 is 1.04 bits per heavy atom. The second-order valence-electron chi connectivity index (χ2n) is 5.83. The van der Waals surface area contributed by atoms with Crippen LogP contribution < -0.4 is 9.44 Å².